The van der Waals surface area contributed by atoms with Crippen LogP contribution in [0.4, 0.5) is 0 Å². The number of H-pyrrole nitrogens is 1. The molecule has 30 heavy (non-hydrogen) atoms. The van der Waals surface area contributed by atoms with Crippen molar-refractivity contribution in [3.8, 4) is 11.5 Å². The molecule has 0 bridgehead atoms. The van der Waals surface area contributed by atoms with Gasteiger partial charge in [0.05, 0.1) is 37.8 Å². The Morgan fingerprint density at radius 1 is 1.13 bits per heavy atom. The number of methoxy groups -OCH3 is 2. The number of rotatable bonds is 8. The lowest BCUT2D eigenvalue weighted by molar-refractivity contribution is 0.0670. The van der Waals surface area contributed by atoms with Crippen LogP contribution in [-0.4, -0.2) is 48.3 Å². The zero-order valence-corrected chi connectivity index (χ0v) is 17.4. The molecule has 4 rings (SSSR count). The van der Waals surface area contributed by atoms with Gasteiger partial charge in [0.1, 0.15) is 5.82 Å². The topological polar surface area (TPSA) is 76.7 Å². The first-order valence-corrected chi connectivity index (χ1v) is 10.2. The lowest BCUT2D eigenvalue weighted by Gasteiger charge is -2.25. The van der Waals surface area contributed by atoms with Gasteiger partial charge in [-0.05, 0) is 24.5 Å². The molecule has 0 radical (unpaired) electrons. The van der Waals surface area contributed by atoms with E-state index in [9.17, 15) is 4.79 Å². The van der Waals surface area contributed by atoms with E-state index in [1.165, 1.54) is 5.56 Å². The summed E-state index contributed by atoms with van der Waals surface area (Å²) in [6.07, 6.45) is 2.37. The first-order chi connectivity index (χ1) is 14.7. The standard InChI is InChI=1S/C23H27N3O4/c1-28-20-11-18-19(12-21(20)29-2)24-22(25-23(18)27)15-26(14-17-9-6-10-30-17)13-16-7-4-3-5-8-16/h3-5,7-8,11-12,17H,6,9-10,13-15H2,1-2H3,(H,24,25,27). The maximum atomic E-state index is 12.7. The van der Waals surface area contributed by atoms with Gasteiger partial charge in [-0.15, -0.1) is 0 Å². The molecule has 2 heterocycles. The molecule has 0 aliphatic carbocycles. The largest absolute Gasteiger partial charge is 0.493 e. The van der Waals surface area contributed by atoms with Crippen molar-refractivity contribution in [1.82, 2.24) is 14.9 Å². The summed E-state index contributed by atoms with van der Waals surface area (Å²) in [6.45, 7) is 2.89. The Kier molecular flexibility index (Phi) is 6.30. The van der Waals surface area contributed by atoms with Crippen molar-refractivity contribution in [2.45, 2.75) is 32.0 Å². The van der Waals surface area contributed by atoms with Crippen LogP contribution in [0.15, 0.2) is 47.3 Å². The van der Waals surface area contributed by atoms with Crippen LogP contribution in [0.5, 0.6) is 11.5 Å². The number of benzene rings is 2. The molecule has 1 aromatic heterocycles. The molecule has 0 saturated carbocycles. The van der Waals surface area contributed by atoms with Gasteiger partial charge < -0.3 is 19.2 Å². The van der Waals surface area contributed by atoms with Gasteiger partial charge in [0.25, 0.3) is 5.56 Å². The Bertz CT molecular complexity index is 1050. The van der Waals surface area contributed by atoms with Crippen molar-refractivity contribution in [2.24, 2.45) is 0 Å². The number of nitrogens with zero attached hydrogens (tertiary/aromatic N) is 2. The summed E-state index contributed by atoms with van der Waals surface area (Å²) in [4.78, 5) is 22.6. The Labute approximate surface area is 175 Å². The van der Waals surface area contributed by atoms with Gasteiger partial charge in [-0.1, -0.05) is 30.3 Å². The number of hydrogen-bond acceptors (Lipinski definition) is 6. The molecule has 0 amide bonds. The third kappa shape index (κ3) is 4.63. The van der Waals surface area contributed by atoms with Crippen molar-refractivity contribution in [3.05, 3.63) is 64.2 Å². The Morgan fingerprint density at radius 3 is 2.60 bits per heavy atom. The van der Waals surface area contributed by atoms with Crippen LogP contribution in [0.2, 0.25) is 0 Å². The number of fused-ring (bicyclic) bond motifs is 1. The molecular weight excluding hydrogens is 382 g/mol. The van der Waals surface area contributed by atoms with Crippen LogP contribution < -0.4 is 15.0 Å². The summed E-state index contributed by atoms with van der Waals surface area (Å²) in [7, 11) is 3.12. The summed E-state index contributed by atoms with van der Waals surface area (Å²) < 4.78 is 16.5. The third-order valence-corrected chi connectivity index (χ3v) is 5.37. The predicted octanol–water partition coefficient (Wildman–Crippen LogP) is 3.12. The zero-order valence-electron chi connectivity index (χ0n) is 17.4. The quantitative estimate of drug-likeness (QED) is 0.616. The second-order valence-corrected chi connectivity index (χ2v) is 7.53. The molecule has 1 aliphatic rings. The van der Waals surface area contributed by atoms with E-state index < -0.39 is 0 Å². The van der Waals surface area contributed by atoms with E-state index in [0.717, 1.165) is 32.5 Å². The fraction of sp³-hybridized carbons (Fsp3) is 0.391. The van der Waals surface area contributed by atoms with E-state index in [-0.39, 0.29) is 11.7 Å². The molecule has 7 nitrogen and oxygen atoms in total. The van der Waals surface area contributed by atoms with Crippen LogP contribution >= 0.6 is 0 Å². The second-order valence-electron chi connectivity index (χ2n) is 7.53. The maximum absolute atomic E-state index is 12.7. The summed E-state index contributed by atoms with van der Waals surface area (Å²) in [5.74, 6) is 1.68. The summed E-state index contributed by atoms with van der Waals surface area (Å²) in [5, 5.41) is 0.477. The second kappa shape index (κ2) is 9.28. The molecule has 0 spiro atoms. The molecule has 2 aromatic carbocycles. The van der Waals surface area contributed by atoms with Crippen molar-refractivity contribution >= 4 is 10.9 Å². The monoisotopic (exact) mass is 409 g/mol. The number of nitrogens with one attached hydrogen (secondary N) is 1. The molecular formula is C23H27N3O4. The highest BCUT2D eigenvalue weighted by atomic mass is 16.5. The van der Waals surface area contributed by atoms with E-state index in [1.54, 1.807) is 26.4 Å². The van der Waals surface area contributed by atoms with Crippen molar-refractivity contribution in [2.75, 3.05) is 27.4 Å². The normalized spacial score (nSPS) is 16.3. The van der Waals surface area contributed by atoms with Gasteiger partial charge in [0.2, 0.25) is 0 Å². The summed E-state index contributed by atoms with van der Waals surface area (Å²) >= 11 is 0. The SMILES string of the molecule is COc1cc2nc(CN(Cc3ccccc3)CC3CCCO3)[nH]c(=O)c2cc1OC. The van der Waals surface area contributed by atoms with Gasteiger partial charge in [0, 0.05) is 25.8 Å². The minimum absolute atomic E-state index is 0.187. The van der Waals surface area contributed by atoms with Crippen LogP contribution in [0, 0.1) is 0 Å². The van der Waals surface area contributed by atoms with Crippen LogP contribution in [0.3, 0.4) is 0 Å². The third-order valence-electron chi connectivity index (χ3n) is 5.37. The first kappa shape index (κ1) is 20.4. The van der Waals surface area contributed by atoms with E-state index in [2.05, 4.69) is 22.0 Å². The zero-order chi connectivity index (χ0) is 20.9. The van der Waals surface area contributed by atoms with Crippen LogP contribution in [0.25, 0.3) is 10.9 Å². The summed E-state index contributed by atoms with van der Waals surface area (Å²) in [6, 6.07) is 13.7. The number of hydrogen-bond donors (Lipinski definition) is 1. The highest BCUT2D eigenvalue weighted by Crippen LogP contribution is 2.30. The Hall–Kier alpha value is -2.90. The Balaban J connectivity index is 1.63. The van der Waals surface area contributed by atoms with Gasteiger partial charge in [-0.3, -0.25) is 9.69 Å². The van der Waals surface area contributed by atoms with Gasteiger partial charge >= 0.3 is 0 Å². The van der Waals surface area contributed by atoms with E-state index in [4.69, 9.17) is 19.2 Å². The fourth-order valence-corrected chi connectivity index (χ4v) is 3.90. The van der Waals surface area contributed by atoms with Gasteiger partial charge in [-0.25, -0.2) is 4.98 Å². The number of aromatic nitrogens is 2. The molecule has 1 aliphatic heterocycles. The molecule has 1 N–H and O–H groups in total. The van der Waals surface area contributed by atoms with Crippen LogP contribution in [0.1, 0.15) is 24.2 Å². The molecule has 7 heteroatoms. The van der Waals surface area contributed by atoms with Crippen molar-refractivity contribution in [1.29, 1.82) is 0 Å². The molecule has 1 fully saturated rings. The van der Waals surface area contributed by atoms with Gasteiger partial charge in [0.15, 0.2) is 11.5 Å². The van der Waals surface area contributed by atoms with E-state index in [1.807, 2.05) is 18.2 Å². The first-order valence-electron chi connectivity index (χ1n) is 10.2. The smallest absolute Gasteiger partial charge is 0.258 e. The number of aromatic amines is 1. The van der Waals surface area contributed by atoms with Crippen molar-refractivity contribution in [3.63, 3.8) is 0 Å². The Morgan fingerprint density at radius 2 is 1.90 bits per heavy atom. The highest BCUT2D eigenvalue weighted by Gasteiger charge is 2.21. The lowest BCUT2D eigenvalue weighted by Crippen LogP contribution is -2.32. The molecule has 158 valence electrons. The minimum atomic E-state index is -0.187. The summed E-state index contributed by atoms with van der Waals surface area (Å²) in [5.41, 5.74) is 1.61. The van der Waals surface area contributed by atoms with Crippen LogP contribution in [-0.2, 0) is 17.8 Å². The van der Waals surface area contributed by atoms with E-state index in [0.29, 0.717) is 34.8 Å². The highest BCUT2D eigenvalue weighted by molar-refractivity contribution is 5.81. The maximum Gasteiger partial charge on any atom is 0.258 e. The molecule has 1 saturated heterocycles. The molecule has 3 aromatic rings. The molecule has 1 atom stereocenters. The molecule has 1 unspecified atom stereocenters. The fourth-order valence-electron chi connectivity index (χ4n) is 3.90. The average Bonchev–Trinajstić information content (AvgIpc) is 3.26. The minimum Gasteiger partial charge on any atom is -0.493 e. The van der Waals surface area contributed by atoms with Gasteiger partial charge in [-0.2, -0.15) is 0 Å². The predicted molar refractivity (Wildman–Crippen MR) is 115 cm³/mol. The van der Waals surface area contributed by atoms with E-state index >= 15 is 0 Å². The van der Waals surface area contributed by atoms with Crippen molar-refractivity contribution < 1.29 is 14.2 Å². The number of ether oxygens (including phenoxy) is 3. The average molecular weight is 409 g/mol. The lowest BCUT2D eigenvalue weighted by atomic mass is 10.1.